The van der Waals surface area contributed by atoms with Crippen molar-refractivity contribution in [3.63, 3.8) is 0 Å². The Morgan fingerprint density at radius 2 is 2.00 bits per heavy atom. The van der Waals surface area contributed by atoms with E-state index in [4.69, 9.17) is 12.8 Å². The van der Waals surface area contributed by atoms with Crippen molar-refractivity contribution in [2.24, 2.45) is 10.4 Å². The van der Waals surface area contributed by atoms with E-state index >= 15 is 0 Å². The zero-order chi connectivity index (χ0) is 8.44. The highest BCUT2D eigenvalue weighted by Crippen LogP contribution is 2.29. The maximum atomic E-state index is 5.19. The lowest BCUT2D eigenvalue weighted by molar-refractivity contribution is 0.599. The summed E-state index contributed by atoms with van der Waals surface area (Å²) in [6.45, 7) is 1.63. The molecule has 1 aliphatic heterocycles. The highest BCUT2D eigenvalue weighted by Gasteiger charge is 2.34. The fourth-order valence-electron chi connectivity index (χ4n) is 0.990. The molecule has 1 N–H and O–H groups in total. The molecule has 1 atom stereocenters. The molecule has 0 spiro atoms. The van der Waals surface area contributed by atoms with E-state index in [1.54, 1.807) is 6.67 Å². The molecule has 0 amide bonds. The number of nitrogens with one attached hydrogen (secondary N) is 1. The number of hydrogen-bond acceptors (Lipinski definition) is 3. The summed E-state index contributed by atoms with van der Waals surface area (Å²) in [5.74, 6) is 0. The third-order valence-corrected chi connectivity index (χ3v) is 1.98. The minimum absolute atomic E-state index is 0.0547. The van der Waals surface area contributed by atoms with E-state index in [0.29, 0.717) is 0 Å². The summed E-state index contributed by atoms with van der Waals surface area (Å²) in [6, 6.07) is 9.60. The number of rotatable bonds is 1. The minimum Gasteiger partial charge on any atom is -0.224 e. The van der Waals surface area contributed by atoms with Gasteiger partial charge in [-0.1, -0.05) is 18.2 Å². The van der Waals surface area contributed by atoms with Crippen molar-refractivity contribution in [3.05, 3.63) is 37.0 Å². The molecule has 12 heavy (non-hydrogen) atoms. The van der Waals surface area contributed by atoms with Crippen LogP contribution in [0.25, 0.3) is 0 Å². The number of para-hydroxylation sites is 1. The Hall–Kier alpha value is -1.07. The summed E-state index contributed by atoms with van der Waals surface area (Å²) in [7, 11) is 0. The maximum absolute atomic E-state index is 5.19. The van der Waals surface area contributed by atoms with Gasteiger partial charge in [0.05, 0.1) is 5.22 Å². The zero-order valence-electron chi connectivity index (χ0n) is 6.21. The van der Waals surface area contributed by atoms with Gasteiger partial charge in [-0.05, 0) is 9.22 Å². The van der Waals surface area contributed by atoms with Crippen LogP contribution < -0.4 is 9.42 Å². The number of nitrogens with zero attached hydrogens (tertiary/aromatic N) is 3. The SMILES string of the molecule is [S][N+]1(c2ccccc2)[CH]NN=N1. The van der Waals surface area contributed by atoms with E-state index in [1.165, 1.54) is 0 Å². The van der Waals surface area contributed by atoms with Crippen LogP contribution in [0.3, 0.4) is 0 Å². The second-order valence-electron chi connectivity index (χ2n) is 2.41. The van der Waals surface area contributed by atoms with Gasteiger partial charge in [-0.15, -0.1) is 0 Å². The molecule has 0 fully saturated rings. The smallest absolute Gasteiger partial charge is 0.224 e. The first-order chi connectivity index (χ1) is 5.81. The third kappa shape index (κ3) is 1.17. The van der Waals surface area contributed by atoms with Crippen LogP contribution in [0.4, 0.5) is 5.69 Å². The lowest BCUT2D eigenvalue weighted by Gasteiger charge is -2.12. The van der Waals surface area contributed by atoms with E-state index in [-0.39, 0.29) is 4.00 Å². The molecule has 0 bridgehead atoms. The molecule has 5 heteroatoms. The van der Waals surface area contributed by atoms with Crippen molar-refractivity contribution >= 4 is 18.5 Å². The van der Waals surface area contributed by atoms with E-state index in [2.05, 4.69) is 15.9 Å². The van der Waals surface area contributed by atoms with Gasteiger partial charge in [0.15, 0.2) is 5.69 Å². The average Bonchev–Trinajstić information content (AvgIpc) is 2.55. The Balaban J connectivity index is 2.36. The highest BCUT2D eigenvalue weighted by molar-refractivity contribution is 7.79. The second kappa shape index (κ2) is 2.76. The van der Waals surface area contributed by atoms with Crippen LogP contribution in [0.5, 0.6) is 0 Å². The lowest BCUT2D eigenvalue weighted by atomic mass is 10.3. The van der Waals surface area contributed by atoms with Crippen LogP contribution in [0.2, 0.25) is 0 Å². The van der Waals surface area contributed by atoms with Gasteiger partial charge in [0, 0.05) is 12.1 Å². The van der Waals surface area contributed by atoms with Gasteiger partial charge in [0.2, 0.25) is 0 Å². The van der Waals surface area contributed by atoms with Gasteiger partial charge in [0.1, 0.15) is 0 Å². The van der Waals surface area contributed by atoms with E-state index in [1.807, 2.05) is 30.3 Å². The molecule has 60 valence electrons. The topological polar surface area (TPSA) is 36.8 Å². The molecule has 0 saturated heterocycles. The van der Waals surface area contributed by atoms with Crippen LogP contribution in [-0.2, 0) is 0 Å². The monoisotopic (exact) mass is 179 g/mol. The largest absolute Gasteiger partial charge is 0.299 e. The quantitative estimate of drug-likeness (QED) is 0.658. The van der Waals surface area contributed by atoms with Gasteiger partial charge in [-0.3, -0.25) is 0 Å². The molecule has 0 aromatic heterocycles. The molecular weight excluding hydrogens is 172 g/mol. The first-order valence-electron chi connectivity index (χ1n) is 3.49. The van der Waals surface area contributed by atoms with Crippen LogP contribution in [-0.4, -0.2) is 0 Å². The van der Waals surface area contributed by atoms with Crippen molar-refractivity contribution in [2.75, 3.05) is 0 Å². The van der Waals surface area contributed by atoms with Crippen LogP contribution in [0.1, 0.15) is 0 Å². The summed E-state index contributed by atoms with van der Waals surface area (Å²) in [5.41, 5.74) is 3.52. The Kier molecular flexibility index (Phi) is 1.74. The third-order valence-electron chi connectivity index (χ3n) is 1.59. The van der Waals surface area contributed by atoms with E-state index < -0.39 is 0 Å². The summed E-state index contributed by atoms with van der Waals surface area (Å²) < 4.78 is -0.0547. The van der Waals surface area contributed by atoms with Gasteiger partial charge >= 0.3 is 0 Å². The molecule has 1 heterocycles. The first kappa shape index (κ1) is 7.57. The first-order valence-corrected chi connectivity index (χ1v) is 3.85. The normalized spacial score (nSPS) is 27.1. The molecule has 2 radical (unpaired) electrons. The molecular formula is C7H7N4S+. The van der Waals surface area contributed by atoms with Gasteiger partial charge in [-0.25, -0.2) is 5.43 Å². The maximum Gasteiger partial charge on any atom is 0.299 e. The Bertz CT molecular complexity index is 300. The number of benzene rings is 1. The van der Waals surface area contributed by atoms with Crippen molar-refractivity contribution in [3.8, 4) is 0 Å². The molecule has 1 aromatic carbocycles. The number of hydrogen-bond donors (Lipinski definition) is 1. The van der Waals surface area contributed by atoms with Crippen molar-refractivity contribution in [1.82, 2.24) is 9.42 Å². The molecule has 0 saturated carbocycles. The van der Waals surface area contributed by atoms with Crippen molar-refractivity contribution in [1.29, 1.82) is 0 Å². The summed E-state index contributed by atoms with van der Waals surface area (Å²) in [6.07, 6.45) is 0. The number of quaternary nitrogens is 1. The van der Waals surface area contributed by atoms with Crippen molar-refractivity contribution < 1.29 is 0 Å². The molecule has 4 nitrogen and oxygen atoms in total. The standard InChI is InChI=1S/C7H7N4S/c12-11(6-8-9-10-11)7-4-2-1-3-5-7/h1-6H,(H,8,10)/q+1. The lowest BCUT2D eigenvalue weighted by Crippen LogP contribution is -2.28. The van der Waals surface area contributed by atoms with E-state index in [9.17, 15) is 0 Å². The van der Waals surface area contributed by atoms with Gasteiger partial charge < -0.3 is 0 Å². The van der Waals surface area contributed by atoms with Gasteiger partial charge in [0.25, 0.3) is 19.5 Å². The van der Waals surface area contributed by atoms with Crippen molar-refractivity contribution in [2.45, 2.75) is 0 Å². The Labute approximate surface area is 76.0 Å². The molecule has 2 rings (SSSR count). The summed E-state index contributed by atoms with van der Waals surface area (Å²) >= 11 is 5.19. The molecule has 1 aromatic rings. The second-order valence-corrected chi connectivity index (χ2v) is 2.96. The average molecular weight is 179 g/mol. The van der Waals surface area contributed by atoms with Crippen LogP contribution in [0.15, 0.2) is 40.8 Å². The minimum atomic E-state index is -0.0547. The predicted molar refractivity (Wildman–Crippen MR) is 48.1 cm³/mol. The molecule has 1 aliphatic rings. The van der Waals surface area contributed by atoms with Gasteiger partial charge in [-0.2, -0.15) is 0 Å². The molecule has 0 aliphatic carbocycles. The fourth-order valence-corrected chi connectivity index (χ4v) is 1.20. The van der Waals surface area contributed by atoms with Crippen LogP contribution >= 0.6 is 12.8 Å². The highest BCUT2D eigenvalue weighted by atomic mass is 32.1. The van der Waals surface area contributed by atoms with E-state index in [0.717, 1.165) is 5.69 Å². The Morgan fingerprint density at radius 3 is 2.58 bits per heavy atom. The fraction of sp³-hybridized carbons (Fsp3) is 0. The van der Waals surface area contributed by atoms with Crippen LogP contribution in [0, 0.1) is 6.67 Å². The molecule has 1 unspecified atom stereocenters. The summed E-state index contributed by atoms with van der Waals surface area (Å²) in [4.78, 5) is 0. The summed E-state index contributed by atoms with van der Waals surface area (Å²) in [5, 5.41) is 7.45. The predicted octanol–water partition coefficient (Wildman–Crippen LogP) is 2.11. The zero-order valence-corrected chi connectivity index (χ0v) is 7.03. The Morgan fingerprint density at radius 1 is 1.25 bits per heavy atom.